The molecule has 2 rings (SSSR count). The molecule has 0 saturated carbocycles. The highest BCUT2D eigenvalue weighted by molar-refractivity contribution is 14.0. The van der Waals surface area contributed by atoms with Gasteiger partial charge < -0.3 is 20.1 Å². The monoisotopic (exact) mass is 457 g/mol. The zero-order valence-electron chi connectivity index (χ0n) is 14.7. The van der Waals surface area contributed by atoms with E-state index in [9.17, 15) is 4.79 Å². The highest BCUT2D eigenvalue weighted by Gasteiger charge is 2.08. The van der Waals surface area contributed by atoms with Crippen molar-refractivity contribution < 1.29 is 9.32 Å². The Morgan fingerprint density at radius 1 is 1.28 bits per heavy atom. The number of benzene rings is 1. The molecule has 7 nitrogen and oxygen atoms in total. The standard InChI is InChI=1S/C17H23N5O2.HI/c1-18-17(20-12-15-8-10-24-21-15)19-9-7-13-5-4-6-14(11-13)16(23)22(2)3;/h4-6,8,10-11H,7,9,12H2,1-3H3,(H2,18,19,20);1H. The van der Waals surface area contributed by atoms with Crippen LogP contribution in [0.5, 0.6) is 0 Å². The van der Waals surface area contributed by atoms with Gasteiger partial charge in [0, 0.05) is 39.3 Å². The van der Waals surface area contributed by atoms with E-state index >= 15 is 0 Å². The first-order valence-corrected chi connectivity index (χ1v) is 7.74. The number of guanidine groups is 1. The van der Waals surface area contributed by atoms with Crippen LogP contribution in [0.2, 0.25) is 0 Å². The summed E-state index contributed by atoms with van der Waals surface area (Å²) < 4.78 is 4.79. The fourth-order valence-electron chi connectivity index (χ4n) is 2.17. The van der Waals surface area contributed by atoms with Crippen molar-refractivity contribution in [2.45, 2.75) is 13.0 Å². The van der Waals surface area contributed by atoms with Crippen molar-refractivity contribution in [2.24, 2.45) is 4.99 Å². The largest absolute Gasteiger partial charge is 0.364 e. The van der Waals surface area contributed by atoms with E-state index < -0.39 is 0 Å². The third-order valence-electron chi connectivity index (χ3n) is 3.44. The molecule has 8 heteroatoms. The number of nitrogens with one attached hydrogen (secondary N) is 2. The fourth-order valence-corrected chi connectivity index (χ4v) is 2.17. The summed E-state index contributed by atoms with van der Waals surface area (Å²) in [6, 6.07) is 9.48. The molecular weight excluding hydrogens is 433 g/mol. The Kier molecular flexibility index (Phi) is 8.96. The number of nitrogens with zero attached hydrogens (tertiary/aromatic N) is 3. The van der Waals surface area contributed by atoms with Gasteiger partial charge in [-0.05, 0) is 24.1 Å². The van der Waals surface area contributed by atoms with Crippen LogP contribution in [-0.4, -0.2) is 49.6 Å². The summed E-state index contributed by atoms with van der Waals surface area (Å²) in [5.41, 5.74) is 2.61. The number of rotatable bonds is 6. The molecule has 0 aliphatic heterocycles. The molecule has 136 valence electrons. The first kappa shape index (κ1) is 20.9. The molecule has 0 radical (unpaired) electrons. The van der Waals surface area contributed by atoms with Crippen molar-refractivity contribution in [3.8, 4) is 0 Å². The van der Waals surface area contributed by atoms with Crippen LogP contribution >= 0.6 is 24.0 Å². The lowest BCUT2D eigenvalue weighted by Crippen LogP contribution is -2.37. The van der Waals surface area contributed by atoms with E-state index in [1.54, 1.807) is 32.1 Å². The minimum absolute atomic E-state index is 0. The Morgan fingerprint density at radius 3 is 2.72 bits per heavy atom. The van der Waals surface area contributed by atoms with Gasteiger partial charge in [0.15, 0.2) is 5.96 Å². The van der Waals surface area contributed by atoms with E-state index in [2.05, 4.69) is 20.8 Å². The second-order valence-electron chi connectivity index (χ2n) is 5.49. The number of amides is 1. The van der Waals surface area contributed by atoms with Crippen LogP contribution in [0.4, 0.5) is 0 Å². The maximum Gasteiger partial charge on any atom is 0.253 e. The minimum atomic E-state index is 0. The van der Waals surface area contributed by atoms with Crippen molar-refractivity contribution >= 4 is 35.8 Å². The van der Waals surface area contributed by atoms with Gasteiger partial charge in [-0.1, -0.05) is 17.3 Å². The number of hydrogen-bond acceptors (Lipinski definition) is 4. The average molecular weight is 457 g/mol. The van der Waals surface area contributed by atoms with Crippen molar-refractivity contribution in [2.75, 3.05) is 27.7 Å². The van der Waals surface area contributed by atoms with Crippen LogP contribution in [0.3, 0.4) is 0 Å². The first-order valence-electron chi connectivity index (χ1n) is 7.74. The molecule has 0 bridgehead atoms. The van der Waals surface area contributed by atoms with Crippen LogP contribution in [0.15, 0.2) is 46.1 Å². The normalized spacial score (nSPS) is 10.8. The molecule has 0 atom stereocenters. The number of halogens is 1. The van der Waals surface area contributed by atoms with Gasteiger partial charge in [-0.25, -0.2) is 0 Å². The van der Waals surface area contributed by atoms with E-state index in [0.717, 1.165) is 17.7 Å². The molecule has 0 spiro atoms. The number of carbonyl (C=O) groups is 1. The molecule has 2 N–H and O–H groups in total. The highest BCUT2D eigenvalue weighted by Crippen LogP contribution is 2.07. The first-order chi connectivity index (χ1) is 11.6. The maximum atomic E-state index is 12.0. The van der Waals surface area contributed by atoms with Gasteiger partial charge in [0.25, 0.3) is 5.91 Å². The highest BCUT2D eigenvalue weighted by atomic mass is 127. The van der Waals surface area contributed by atoms with Crippen LogP contribution < -0.4 is 10.6 Å². The van der Waals surface area contributed by atoms with Crippen molar-refractivity contribution in [3.63, 3.8) is 0 Å². The molecule has 25 heavy (non-hydrogen) atoms. The maximum absolute atomic E-state index is 12.0. The van der Waals surface area contributed by atoms with E-state index in [4.69, 9.17) is 4.52 Å². The van der Waals surface area contributed by atoms with Gasteiger partial charge in [-0.15, -0.1) is 24.0 Å². The molecule has 0 saturated heterocycles. The quantitative estimate of drug-likeness (QED) is 0.394. The Labute approximate surface area is 164 Å². The Bertz CT molecular complexity index is 686. The average Bonchev–Trinajstić information content (AvgIpc) is 3.11. The van der Waals surface area contributed by atoms with Gasteiger partial charge in [0.05, 0.1) is 6.54 Å². The molecule has 1 amide bonds. The van der Waals surface area contributed by atoms with Gasteiger partial charge in [0.1, 0.15) is 12.0 Å². The number of carbonyl (C=O) groups excluding carboxylic acids is 1. The molecule has 1 aromatic carbocycles. The molecule has 1 aromatic heterocycles. The third kappa shape index (κ3) is 6.73. The van der Waals surface area contributed by atoms with Gasteiger partial charge in [-0.2, -0.15) is 0 Å². The third-order valence-corrected chi connectivity index (χ3v) is 3.44. The predicted octanol–water partition coefficient (Wildman–Crippen LogP) is 1.90. The summed E-state index contributed by atoms with van der Waals surface area (Å²) in [6.45, 7) is 1.25. The van der Waals surface area contributed by atoms with Crippen molar-refractivity contribution in [1.82, 2.24) is 20.7 Å². The summed E-state index contributed by atoms with van der Waals surface area (Å²) in [4.78, 5) is 17.7. The number of aliphatic imine (C=N–C) groups is 1. The van der Waals surface area contributed by atoms with Crippen molar-refractivity contribution in [3.05, 3.63) is 53.4 Å². The van der Waals surface area contributed by atoms with E-state index in [0.29, 0.717) is 24.6 Å². The van der Waals surface area contributed by atoms with E-state index in [1.165, 1.54) is 6.26 Å². The molecule has 0 aliphatic carbocycles. The summed E-state index contributed by atoms with van der Waals surface area (Å²) in [7, 11) is 5.22. The second-order valence-corrected chi connectivity index (χ2v) is 5.49. The van der Waals surface area contributed by atoms with E-state index in [-0.39, 0.29) is 29.9 Å². The topological polar surface area (TPSA) is 82.8 Å². The van der Waals surface area contributed by atoms with Gasteiger partial charge in [-0.3, -0.25) is 9.79 Å². The summed E-state index contributed by atoms with van der Waals surface area (Å²) >= 11 is 0. The molecule has 0 aliphatic rings. The van der Waals surface area contributed by atoms with Crippen LogP contribution in [0, 0.1) is 0 Å². The summed E-state index contributed by atoms with van der Waals surface area (Å²) in [5.74, 6) is 0.702. The SMILES string of the molecule is CN=C(NCCc1cccc(C(=O)N(C)C)c1)NCc1ccon1.I. The van der Waals surface area contributed by atoms with Crippen LogP contribution in [0.25, 0.3) is 0 Å². The Morgan fingerprint density at radius 2 is 2.08 bits per heavy atom. The lowest BCUT2D eigenvalue weighted by atomic mass is 10.1. The molecular formula is C17H24IN5O2. The zero-order valence-corrected chi connectivity index (χ0v) is 17.0. The number of hydrogen-bond donors (Lipinski definition) is 2. The Hall–Kier alpha value is -2.10. The fraction of sp³-hybridized carbons (Fsp3) is 0.353. The second kappa shape index (κ2) is 10.7. The van der Waals surface area contributed by atoms with Gasteiger partial charge >= 0.3 is 0 Å². The van der Waals surface area contributed by atoms with Crippen LogP contribution in [0.1, 0.15) is 21.6 Å². The van der Waals surface area contributed by atoms with E-state index in [1.807, 2.05) is 24.3 Å². The predicted molar refractivity (Wildman–Crippen MR) is 108 cm³/mol. The zero-order chi connectivity index (χ0) is 17.4. The van der Waals surface area contributed by atoms with Crippen LogP contribution in [-0.2, 0) is 13.0 Å². The molecule has 0 unspecified atom stereocenters. The summed E-state index contributed by atoms with van der Waals surface area (Å²) in [6.07, 6.45) is 2.33. The summed E-state index contributed by atoms with van der Waals surface area (Å²) in [5, 5.41) is 10.2. The molecule has 1 heterocycles. The van der Waals surface area contributed by atoms with Crippen molar-refractivity contribution in [1.29, 1.82) is 0 Å². The molecule has 0 fully saturated rings. The Balaban J connectivity index is 0.00000312. The van der Waals surface area contributed by atoms with Gasteiger partial charge in [0.2, 0.25) is 0 Å². The lowest BCUT2D eigenvalue weighted by molar-refractivity contribution is 0.0827. The minimum Gasteiger partial charge on any atom is -0.364 e. The lowest BCUT2D eigenvalue weighted by Gasteiger charge is -2.12. The number of aromatic nitrogens is 1. The smallest absolute Gasteiger partial charge is 0.253 e. The molecule has 2 aromatic rings.